The van der Waals surface area contributed by atoms with Crippen molar-refractivity contribution in [2.75, 3.05) is 11.4 Å². The number of aliphatic hydroxyl groups excluding tert-OH is 1. The van der Waals surface area contributed by atoms with Gasteiger partial charge in [0, 0.05) is 5.69 Å². The number of benzene rings is 1. The SMILES string of the molecule is C=C(O)CN(C(=O)[C@H](N)CC)c1ccccc1C. The molecule has 1 rings (SSSR count). The summed E-state index contributed by atoms with van der Waals surface area (Å²) in [5.74, 6) is -0.267. The second-order valence-corrected chi connectivity index (χ2v) is 4.29. The fraction of sp³-hybridized carbons (Fsp3) is 0.357. The number of aliphatic hydroxyl groups is 1. The Morgan fingerprint density at radius 1 is 1.50 bits per heavy atom. The maximum absolute atomic E-state index is 12.2. The Bertz CT molecular complexity index is 443. The van der Waals surface area contributed by atoms with Crippen LogP contribution in [0.4, 0.5) is 5.69 Å². The van der Waals surface area contributed by atoms with E-state index in [4.69, 9.17) is 5.73 Å². The monoisotopic (exact) mass is 248 g/mol. The van der Waals surface area contributed by atoms with Crippen LogP contribution in [0.5, 0.6) is 0 Å². The van der Waals surface area contributed by atoms with Gasteiger partial charge in [-0.25, -0.2) is 0 Å². The largest absolute Gasteiger partial charge is 0.511 e. The summed E-state index contributed by atoms with van der Waals surface area (Å²) < 4.78 is 0. The zero-order chi connectivity index (χ0) is 13.7. The fourth-order valence-corrected chi connectivity index (χ4v) is 1.71. The van der Waals surface area contributed by atoms with Crippen LogP contribution in [0.15, 0.2) is 36.6 Å². The van der Waals surface area contributed by atoms with Crippen molar-refractivity contribution >= 4 is 11.6 Å². The molecule has 0 aliphatic carbocycles. The predicted molar refractivity (Wildman–Crippen MR) is 73.6 cm³/mol. The van der Waals surface area contributed by atoms with Crippen LogP contribution in [-0.2, 0) is 4.79 Å². The van der Waals surface area contributed by atoms with Gasteiger partial charge in [-0.1, -0.05) is 31.7 Å². The number of hydrogen-bond donors (Lipinski definition) is 2. The van der Waals surface area contributed by atoms with Crippen LogP contribution in [0, 0.1) is 6.92 Å². The van der Waals surface area contributed by atoms with Crippen molar-refractivity contribution < 1.29 is 9.90 Å². The highest BCUT2D eigenvalue weighted by Crippen LogP contribution is 2.21. The molecule has 0 aliphatic rings. The first-order chi connectivity index (χ1) is 8.47. The molecule has 1 atom stereocenters. The fourth-order valence-electron chi connectivity index (χ4n) is 1.71. The van der Waals surface area contributed by atoms with E-state index in [1.807, 2.05) is 38.1 Å². The Morgan fingerprint density at radius 3 is 2.61 bits per heavy atom. The van der Waals surface area contributed by atoms with Gasteiger partial charge >= 0.3 is 0 Å². The summed E-state index contributed by atoms with van der Waals surface area (Å²) in [6.07, 6.45) is 0.555. The molecule has 0 fully saturated rings. The number of amides is 1. The molecular formula is C14H20N2O2. The molecule has 1 aromatic rings. The number of aryl methyl sites for hydroxylation is 1. The van der Waals surface area contributed by atoms with Crippen molar-refractivity contribution in [3.05, 3.63) is 42.2 Å². The third kappa shape index (κ3) is 3.34. The maximum atomic E-state index is 12.2. The Morgan fingerprint density at radius 2 is 2.11 bits per heavy atom. The molecule has 4 heteroatoms. The highest BCUT2D eigenvalue weighted by molar-refractivity contribution is 5.97. The Kier molecular flexibility index (Phi) is 4.92. The second kappa shape index (κ2) is 6.21. The standard InChI is InChI=1S/C14H20N2O2/c1-4-12(15)14(18)16(9-11(3)17)13-8-6-5-7-10(13)2/h5-8,12,17H,3-4,9,15H2,1-2H3/t12-/m1/s1. The smallest absolute Gasteiger partial charge is 0.244 e. The number of anilines is 1. The van der Waals surface area contributed by atoms with E-state index in [2.05, 4.69) is 6.58 Å². The molecule has 0 saturated carbocycles. The molecule has 0 aliphatic heterocycles. The lowest BCUT2D eigenvalue weighted by atomic mass is 10.1. The van der Waals surface area contributed by atoms with Gasteiger partial charge in [-0.3, -0.25) is 4.79 Å². The third-order valence-electron chi connectivity index (χ3n) is 2.77. The predicted octanol–water partition coefficient (Wildman–Crippen LogP) is 2.14. The number of nitrogens with two attached hydrogens (primary N) is 1. The number of nitrogens with zero attached hydrogens (tertiary/aromatic N) is 1. The molecule has 3 N–H and O–H groups in total. The quantitative estimate of drug-likeness (QED) is 0.784. The van der Waals surface area contributed by atoms with Crippen LogP contribution in [0.3, 0.4) is 0 Å². The summed E-state index contributed by atoms with van der Waals surface area (Å²) in [5, 5.41) is 9.35. The van der Waals surface area contributed by atoms with Crippen LogP contribution in [-0.4, -0.2) is 23.6 Å². The van der Waals surface area contributed by atoms with Crippen molar-refractivity contribution in [1.29, 1.82) is 0 Å². The average molecular weight is 248 g/mol. The van der Waals surface area contributed by atoms with Gasteiger partial charge in [-0.05, 0) is 25.0 Å². The number of carbonyl (C=O) groups excluding carboxylic acids is 1. The van der Waals surface area contributed by atoms with Gasteiger partial charge in [0.05, 0.1) is 12.6 Å². The molecule has 0 spiro atoms. The highest BCUT2D eigenvalue weighted by Gasteiger charge is 2.22. The minimum Gasteiger partial charge on any atom is -0.511 e. The molecular weight excluding hydrogens is 228 g/mol. The molecule has 0 radical (unpaired) electrons. The summed E-state index contributed by atoms with van der Waals surface area (Å²) in [7, 11) is 0. The normalized spacial score (nSPS) is 11.9. The molecule has 1 aromatic carbocycles. The summed E-state index contributed by atoms with van der Waals surface area (Å²) in [6, 6.07) is 6.92. The minimum atomic E-state index is -0.566. The van der Waals surface area contributed by atoms with Gasteiger partial charge < -0.3 is 15.7 Å². The van der Waals surface area contributed by atoms with Crippen LogP contribution in [0.1, 0.15) is 18.9 Å². The van der Waals surface area contributed by atoms with Crippen molar-refractivity contribution in [2.24, 2.45) is 5.73 Å². The average Bonchev–Trinajstić information content (AvgIpc) is 2.35. The highest BCUT2D eigenvalue weighted by atomic mass is 16.3. The van der Waals surface area contributed by atoms with Crippen molar-refractivity contribution in [1.82, 2.24) is 0 Å². The number of para-hydroxylation sites is 1. The van der Waals surface area contributed by atoms with Crippen LogP contribution < -0.4 is 10.6 Å². The summed E-state index contributed by atoms with van der Waals surface area (Å²) in [5.41, 5.74) is 7.48. The van der Waals surface area contributed by atoms with E-state index >= 15 is 0 Å². The van der Waals surface area contributed by atoms with Gasteiger partial charge in [0.1, 0.15) is 5.76 Å². The van der Waals surface area contributed by atoms with E-state index in [1.165, 1.54) is 4.90 Å². The minimum absolute atomic E-state index is 0.0603. The van der Waals surface area contributed by atoms with E-state index < -0.39 is 6.04 Å². The lowest BCUT2D eigenvalue weighted by molar-refractivity contribution is -0.119. The van der Waals surface area contributed by atoms with Gasteiger partial charge in [-0.2, -0.15) is 0 Å². The third-order valence-corrected chi connectivity index (χ3v) is 2.77. The van der Waals surface area contributed by atoms with E-state index in [0.29, 0.717) is 6.42 Å². The molecule has 18 heavy (non-hydrogen) atoms. The lowest BCUT2D eigenvalue weighted by Crippen LogP contribution is -2.44. The van der Waals surface area contributed by atoms with E-state index in [0.717, 1.165) is 11.3 Å². The number of rotatable bonds is 5. The summed E-state index contributed by atoms with van der Waals surface area (Å²) in [6.45, 7) is 7.27. The molecule has 0 unspecified atom stereocenters. The maximum Gasteiger partial charge on any atom is 0.244 e. The Labute approximate surface area is 108 Å². The zero-order valence-corrected chi connectivity index (χ0v) is 10.9. The second-order valence-electron chi connectivity index (χ2n) is 4.29. The number of carbonyl (C=O) groups is 1. The molecule has 4 nitrogen and oxygen atoms in total. The topological polar surface area (TPSA) is 66.6 Å². The van der Waals surface area contributed by atoms with E-state index in [1.54, 1.807) is 0 Å². The van der Waals surface area contributed by atoms with Crippen molar-refractivity contribution in [3.8, 4) is 0 Å². The molecule has 0 aromatic heterocycles. The first-order valence-corrected chi connectivity index (χ1v) is 5.96. The van der Waals surface area contributed by atoms with E-state index in [-0.39, 0.29) is 18.2 Å². The molecule has 0 bridgehead atoms. The zero-order valence-electron chi connectivity index (χ0n) is 10.9. The molecule has 0 saturated heterocycles. The first-order valence-electron chi connectivity index (χ1n) is 5.96. The Hall–Kier alpha value is -1.81. The first kappa shape index (κ1) is 14.3. The van der Waals surface area contributed by atoms with E-state index in [9.17, 15) is 9.90 Å². The van der Waals surface area contributed by atoms with Crippen LogP contribution >= 0.6 is 0 Å². The van der Waals surface area contributed by atoms with Crippen molar-refractivity contribution in [3.63, 3.8) is 0 Å². The molecule has 98 valence electrons. The Balaban J connectivity index is 3.10. The molecule has 1 amide bonds. The van der Waals surface area contributed by atoms with Crippen molar-refractivity contribution in [2.45, 2.75) is 26.3 Å². The summed E-state index contributed by atoms with van der Waals surface area (Å²) >= 11 is 0. The van der Waals surface area contributed by atoms with Gasteiger partial charge in [-0.15, -0.1) is 0 Å². The van der Waals surface area contributed by atoms with Gasteiger partial charge in [0.15, 0.2) is 0 Å². The van der Waals surface area contributed by atoms with Crippen LogP contribution in [0.25, 0.3) is 0 Å². The number of hydrogen-bond acceptors (Lipinski definition) is 3. The lowest BCUT2D eigenvalue weighted by Gasteiger charge is -2.26. The molecule has 0 heterocycles. The van der Waals surface area contributed by atoms with Crippen LogP contribution in [0.2, 0.25) is 0 Å². The van der Waals surface area contributed by atoms with Gasteiger partial charge in [0.2, 0.25) is 5.91 Å². The van der Waals surface area contributed by atoms with Gasteiger partial charge in [0.25, 0.3) is 0 Å². The summed E-state index contributed by atoms with van der Waals surface area (Å²) in [4.78, 5) is 13.7.